The Morgan fingerprint density at radius 1 is 0.191 bits per heavy atom. The molecule has 0 rings (SSSR count). The van der Waals surface area contributed by atoms with Crippen molar-refractivity contribution in [1.29, 1.82) is 0 Å². The smallest absolute Gasteiger partial charge is 0.305 e. The zero-order valence-corrected chi connectivity index (χ0v) is 60.8. The Bertz CT molecular complexity index is 1270. The molecule has 9 nitrogen and oxygen atoms in total. The fourth-order valence-electron chi connectivity index (χ4n) is 12.0. The van der Waals surface area contributed by atoms with E-state index in [9.17, 15) is 24.0 Å². The van der Waals surface area contributed by atoms with Gasteiger partial charge in [-0.05, 0) is 39.5 Å². The maximum absolute atomic E-state index is 13.4. The summed E-state index contributed by atoms with van der Waals surface area (Å²) in [6, 6.07) is 0. The van der Waals surface area contributed by atoms with Crippen LogP contribution in [-0.2, 0) is 42.9 Å². The molecule has 9 heteroatoms. The summed E-state index contributed by atoms with van der Waals surface area (Å²) >= 11 is 0. The van der Waals surface area contributed by atoms with Gasteiger partial charge in [-0.1, -0.05) is 387 Å². The molecule has 0 bridgehead atoms. The molecule has 0 saturated carbocycles. The molecular formula is C80H154O9. The molecule has 0 amide bonds. The Kier molecular flexibility index (Phi) is 74.3. The van der Waals surface area contributed by atoms with Crippen LogP contribution in [0.4, 0.5) is 0 Å². The van der Waals surface area contributed by atoms with Gasteiger partial charge in [0.1, 0.15) is 37.6 Å². The van der Waals surface area contributed by atoms with Gasteiger partial charge >= 0.3 is 23.9 Å². The van der Waals surface area contributed by atoms with E-state index in [0.29, 0.717) is 25.7 Å². The number of carbonyl (C=O) groups is 5. The monoisotopic (exact) mass is 1260 g/mol. The first-order valence-electron chi connectivity index (χ1n) is 39.6. The van der Waals surface area contributed by atoms with E-state index in [1.807, 2.05) is 0 Å². The zero-order valence-electron chi connectivity index (χ0n) is 60.8. The SMILES string of the molecule is CC(C)=O.CCCCCCCCCCCCCCCCCC(=O)OCC(COC(=O)CCCCCCCCCCCCCCCCC)(COC(=O)CCCCCCCCCCCCCCCCC)COC(=O)CCCCCCCCCCCCCCCCC. The minimum Gasteiger partial charge on any atom is -0.465 e. The number of ketones is 1. The summed E-state index contributed by atoms with van der Waals surface area (Å²) in [6.07, 6.45) is 76.4. The van der Waals surface area contributed by atoms with Crippen LogP contribution in [-0.4, -0.2) is 56.1 Å². The van der Waals surface area contributed by atoms with E-state index in [1.165, 1.54) is 322 Å². The molecular weight excluding hydrogens is 1100 g/mol. The highest BCUT2D eigenvalue weighted by atomic mass is 16.6. The molecule has 0 saturated heterocycles. The molecule has 0 aliphatic rings. The second-order valence-corrected chi connectivity index (χ2v) is 27.8. The number of Topliss-reactive ketones (excluding diaryl/α,β-unsaturated/α-hetero) is 1. The van der Waals surface area contributed by atoms with Crippen molar-refractivity contribution in [2.24, 2.45) is 5.41 Å². The minimum atomic E-state index is -1.20. The van der Waals surface area contributed by atoms with E-state index in [4.69, 9.17) is 18.9 Å². The molecule has 89 heavy (non-hydrogen) atoms. The summed E-state index contributed by atoms with van der Waals surface area (Å²) in [4.78, 5) is 63.0. The molecule has 0 spiro atoms. The Morgan fingerprint density at radius 3 is 0.404 bits per heavy atom. The third kappa shape index (κ3) is 74.5. The van der Waals surface area contributed by atoms with Gasteiger partial charge in [-0.15, -0.1) is 0 Å². The average Bonchev–Trinajstić information content (AvgIpc) is 3.38. The van der Waals surface area contributed by atoms with Crippen LogP contribution >= 0.6 is 0 Å². The summed E-state index contributed by atoms with van der Waals surface area (Å²) in [5.41, 5.74) is -1.20. The maximum Gasteiger partial charge on any atom is 0.305 e. The highest BCUT2D eigenvalue weighted by Gasteiger charge is 2.38. The van der Waals surface area contributed by atoms with Crippen LogP contribution in [0.5, 0.6) is 0 Å². The van der Waals surface area contributed by atoms with Gasteiger partial charge in [-0.3, -0.25) is 19.2 Å². The highest BCUT2D eigenvalue weighted by Crippen LogP contribution is 2.25. The Balaban J connectivity index is 0. The summed E-state index contributed by atoms with van der Waals surface area (Å²) < 4.78 is 23.9. The minimum absolute atomic E-state index is 0.157. The molecule has 0 N–H and O–H groups in total. The zero-order chi connectivity index (χ0) is 65.3. The quantitative estimate of drug-likeness (QED) is 0.0333. The second-order valence-electron chi connectivity index (χ2n) is 27.8. The second kappa shape index (κ2) is 74.6. The summed E-state index contributed by atoms with van der Waals surface area (Å²) in [6.45, 7) is 11.5. The average molecular weight is 1260 g/mol. The lowest BCUT2D eigenvalue weighted by molar-refractivity contribution is -0.170. The lowest BCUT2D eigenvalue weighted by atomic mass is 9.92. The van der Waals surface area contributed by atoms with Crippen molar-refractivity contribution >= 4 is 29.7 Å². The lowest BCUT2D eigenvalue weighted by Gasteiger charge is -2.31. The van der Waals surface area contributed by atoms with Gasteiger partial charge < -0.3 is 23.7 Å². The third-order valence-corrected chi connectivity index (χ3v) is 18.1. The van der Waals surface area contributed by atoms with Gasteiger partial charge in [0.05, 0.1) is 0 Å². The molecule has 0 aromatic carbocycles. The first-order chi connectivity index (χ1) is 43.6. The molecule has 0 fully saturated rings. The third-order valence-electron chi connectivity index (χ3n) is 18.1. The lowest BCUT2D eigenvalue weighted by Crippen LogP contribution is -2.44. The van der Waals surface area contributed by atoms with Gasteiger partial charge in [-0.2, -0.15) is 0 Å². The number of rotatable bonds is 72. The maximum atomic E-state index is 13.4. The topological polar surface area (TPSA) is 122 Å². The van der Waals surface area contributed by atoms with Crippen molar-refractivity contribution in [2.45, 2.75) is 452 Å². The van der Waals surface area contributed by atoms with Crippen molar-refractivity contribution in [3.05, 3.63) is 0 Å². The van der Waals surface area contributed by atoms with Crippen LogP contribution in [0.1, 0.15) is 452 Å². The number of ether oxygens (including phenoxy) is 4. The number of unbranched alkanes of at least 4 members (excludes halogenated alkanes) is 56. The van der Waals surface area contributed by atoms with Crippen LogP contribution in [0, 0.1) is 5.41 Å². The van der Waals surface area contributed by atoms with Crippen molar-refractivity contribution in [3.63, 3.8) is 0 Å². The highest BCUT2D eigenvalue weighted by molar-refractivity contribution is 5.72. The number of hydrogen-bond acceptors (Lipinski definition) is 9. The van der Waals surface area contributed by atoms with E-state index < -0.39 is 5.41 Å². The Hall–Kier alpha value is -2.45. The number of hydrogen-bond donors (Lipinski definition) is 0. The van der Waals surface area contributed by atoms with Crippen LogP contribution in [0.15, 0.2) is 0 Å². The van der Waals surface area contributed by atoms with Crippen LogP contribution < -0.4 is 0 Å². The summed E-state index contributed by atoms with van der Waals surface area (Å²) in [5.74, 6) is -1.12. The largest absolute Gasteiger partial charge is 0.465 e. The number of carbonyl (C=O) groups excluding carboxylic acids is 5. The molecule has 0 aromatic rings. The van der Waals surface area contributed by atoms with Crippen molar-refractivity contribution in [2.75, 3.05) is 26.4 Å². The van der Waals surface area contributed by atoms with Crippen LogP contribution in [0.2, 0.25) is 0 Å². The predicted molar refractivity (Wildman–Crippen MR) is 381 cm³/mol. The normalized spacial score (nSPS) is 11.4. The van der Waals surface area contributed by atoms with E-state index >= 15 is 0 Å². The van der Waals surface area contributed by atoms with Gasteiger partial charge in [0.2, 0.25) is 0 Å². The molecule has 0 aliphatic heterocycles. The van der Waals surface area contributed by atoms with Gasteiger partial charge in [0, 0.05) is 25.7 Å². The molecule has 0 aromatic heterocycles. The molecule has 0 heterocycles. The molecule has 0 radical (unpaired) electrons. The predicted octanol–water partition coefficient (Wildman–Crippen LogP) is 25.8. The number of esters is 4. The summed E-state index contributed by atoms with van der Waals surface area (Å²) in [7, 11) is 0. The first-order valence-corrected chi connectivity index (χ1v) is 39.6. The van der Waals surface area contributed by atoms with Gasteiger partial charge in [0.25, 0.3) is 0 Å². The van der Waals surface area contributed by atoms with Crippen LogP contribution in [0.25, 0.3) is 0 Å². The molecule has 528 valence electrons. The van der Waals surface area contributed by atoms with E-state index in [-0.39, 0.29) is 56.1 Å². The Morgan fingerprint density at radius 2 is 0.292 bits per heavy atom. The molecule has 0 unspecified atom stereocenters. The fourth-order valence-corrected chi connectivity index (χ4v) is 12.0. The van der Waals surface area contributed by atoms with E-state index in [0.717, 1.165) is 77.0 Å². The van der Waals surface area contributed by atoms with E-state index in [1.54, 1.807) is 0 Å². The molecule has 0 atom stereocenters. The van der Waals surface area contributed by atoms with Gasteiger partial charge in [0.15, 0.2) is 0 Å². The van der Waals surface area contributed by atoms with Crippen molar-refractivity contribution < 1.29 is 42.9 Å². The summed E-state index contributed by atoms with van der Waals surface area (Å²) in [5, 5.41) is 0. The first kappa shape index (κ1) is 88.6. The van der Waals surface area contributed by atoms with Gasteiger partial charge in [-0.25, -0.2) is 0 Å². The van der Waals surface area contributed by atoms with E-state index in [2.05, 4.69) is 27.7 Å². The van der Waals surface area contributed by atoms with Crippen LogP contribution in [0.3, 0.4) is 0 Å². The Labute approximate surface area is 554 Å². The molecule has 0 aliphatic carbocycles. The fraction of sp³-hybridized carbons (Fsp3) is 0.938. The van der Waals surface area contributed by atoms with Crippen molar-refractivity contribution in [3.8, 4) is 0 Å². The standard InChI is InChI=1S/C77H148O8.C3H6O/c1-5-9-13-17-21-25-29-33-37-41-45-49-53-57-61-65-73(78)82-69-77(70-83-74(79)66-62-58-54-50-46-42-38-34-30-26-22-18-14-10-6-2,71-84-75(80)67-63-59-55-51-47-43-39-35-31-27-23-19-15-11-7-3)72-85-76(81)68-64-60-56-52-48-44-40-36-32-28-24-20-16-12-8-4;1-3(2)4/h5-72H2,1-4H3;1-2H3. The van der Waals surface area contributed by atoms with Crippen molar-refractivity contribution in [1.82, 2.24) is 0 Å².